The molecule has 0 aromatic heterocycles. The van der Waals surface area contributed by atoms with Gasteiger partial charge in [0, 0.05) is 6.04 Å². The van der Waals surface area contributed by atoms with Crippen molar-refractivity contribution in [2.45, 2.75) is 58.5 Å². The summed E-state index contributed by atoms with van der Waals surface area (Å²) in [6.45, 7) is 5.55. The molecule has 18 heavy (non-hydrogen) atoms. The molecule has 1 fully saturated rings. The van der Waals surface area contributed by atoms with Crippen LogP contribution in [0.5, 0.6) is 0 Å². The van der Waals surface area contributed by atoms with Gasteiger partial charge in [0.15, 0.2) is 0 Å². The lowest BCUT2D eigenvalue weighted by atomic mass is 9.87. The van der Waals surface area contributed by atoms with Crippen molar-refractivity contribution in [2.24, 2.45) is 5.41 Å². The maximum absolute atomic E-state index is 12.2. The van der Waals surface area contributed by atoms with E-state index in [4.69, 9.17) is 0 Å². The van der Waals surface area contributed by atoms with Crippen molar-refractivity contribution in [3.05, 3.63) is 0 Å². The van der Waals surface area contributed by atoms with Gasteiger partial charge in [-0.15, -0.1) is 0 Å². The summed E-state index contributed by atoms with van der Waals surface area (Å²) in [7, 11) is -3.40. The summed E-state index contributed by atoms with van der Waals surface area (Å²) in [5.41, 5.74) is -0.453. The van der Waals surface area contributed by atoms with E-state index in [1.54, 1.807) is 0 Å². The summed E-state index contributed by atoms with van der Waals surface area (Å²) in [4.78, 5) is 12.2. The van der Waals surface area contributed by atoms with Gasteiger partial charge in [-0.2, -0.15) is 0 Å². The first-order chi connectivity index (χ1) is 8.09. The van der Waals surface area contributed by atoms with Gasteiger partial charge in [-0.1, -0.05) is 33.6 Å². The number of nitrogens with one attached hydrogen (secondary N) is 2. The van der Waals surface area contributed by atoms with Crippen molar-refractivity contribution in [1.82, 2.24) is 10.0 Å². The third-order valence-corrected chi connectivity index (χ3v) is 3.83. The van der Waals surface area contributed by atoms with Crippen LogP contribution in [0.3, 0.4) is 0 Å². The first-order valence-electron chi connectivity index (χ1n) is 6.37. The Hall–Kier alpha value is -0.620. The zero-order valence-corrected chi connectivity index (χ0v) is 12.4. The van der Waals surface area contributed by atoms with E-state index in [1.807, 2.05) is 20.8 Å². The first-order valence-corrected chi connectivity index (χ1v) is 8.26. The molecule has 1 amide bonds. The van der Waals surface area contributed by atoms with E-state index in [2.05, 4.69) is 10.0 Å². The Morgan fingerprint density at radius 3 is 2.11 bits per heavy atom. The molecule has 0 aliphatic heterocycles. The zero-order chi connectivity index (χ0) is 14.0. The van der Waals surface area contributed by atoms with E-state index >= 15 is 0 Å². The maximum Gasteiger partial charge on any atom is 0.238 e. The van der Waals surface area contributed by atoms with Crippen LogP contribution in [0.2, 0.25) is 0 Å². The fourth-order valence-corrected chi connectivity index (χ4v) is 3.08. The predicted molar refractivity (Wildman–Crippen MR) is 71.6 cm³/mol. The average molecular weight is 276 g/mol. The molecule has 5 nitrogen and oxygen atoms in total. The Balaban J connectivity index is 2.73. The third kappa shape index (κ3) is 4.94. The van der Waals surface area contributed by atoms with Crippen molar-refractivity contribution in [2.75, 3.05) is 6.26 Å². The molecular weight excluding hydrogens is 252 g/mol. The molecule has 1 rings (SSSR count). The number of carbonyl (C=O) groups is 1. The van der Waals surface area contributed by atoms with Gasteiger partial charge in [0.2, 0.25) is 15.9 Å². The average Bonchev–Trinajstić information content (AvgIpc) is 2.63. The minimum atomic E-state index is -3.40. The van der Waals surface area contributed by atoms with Crippen molar-refractivity contribution < 1.29 is 13.2 Å². The molecule has 6 heteroatoms. The second-order valence-electron chi connectivity index (χ2n) is 6.18. The molecule has 106 valence electrons. The molecule has 0 bridgehead atoms. The van der Waals surface area contributed by atoms with Crippen molar-refractivity contribution >= 4 is 15.9 Å². The molecule has 0 heterocycles. The van der Waals surface area contributed by atoms with Crippen molar-refractivity contribution in [3.8, 4) is 0 Å². The topological polar surface area (TPSA) is 75.3 Å². The van der Waals surface area contributed by atoms with Crippen LogP contribution >= 0.6 is 0 Å². The van der Waals surface area contributed by atoms with Crippen LogP contribution in [0.1, 0.15) is 46.5 Å². The lowest BCUT2D eigenvalue weighted by molar-refractivity contribution is -0.125. The number of rotatable bonds is 4. The van der Waals surface area contributed by atoms with Gasteiger partial charge in [0.05, 0.1) is 6.26 Å². The Morgan fingerprint density at radius 2 is 1.72 bits per heavy atom. The third-order valence-electron chi connectivity index (χ3n) is 3.16. The van der Waals surface area contributed by atoms with E-state index < -0.39 is 21.5 Å². The SMILES string of the molecule is CC(C)(C)[C@H](NS(C)(=O)=O)C(=O)NC1CCCC1. The molecule has 0 aromatic rings. The van der Waals surface area contributed by atoms with Crippen LogP contribution < -0.4 is 10.0 Å². The van der Waals surface area contributed by atoms with E-state index in [-0.39, 0.29) is 11.9 Å². The molecule has 0 unspecified atom stereocenters. The van der Waals surface area contributed by atoms with E-state index in [1.165, 1.54) is 0 Å². The molecular formula is C12H24N2O3S. The van der Waals surface area contributed by atoms with Crippen LogP contribution in [-0.4, -0.2) is 32.7 Å². The van der Waals surface area contributed by atoms with E-state index in [9.17, 15) is 13.2 Å². The Bertz CT molecular complexity index is 392. The normalized spacial score (nSPS) is 19.8. The number of carbonyl (C=O) groups excluding carboxylic acids is 1. The second kappa shape index (κ2) is 5.57. The predicted octanol–water partition coefficient (Wildman–Crippen LogP) is 1.01. The zero-order valence-electron chi connectivity index (χ0n) is 11.6. The first kappa shape index (κ1) is 15.4. The molecule has 1 aliphatic rings. The Morgan fingerprint density at radius 1 is 1.22 bits per heavy atom. The lowest BCUT2D eigenvalue weighted by Gasteiger charge is -2.30. The van der Waals surface area contributed by atoms with Gasteiger partial charge in [0.25, 0.3) is 0 Å². The van der Waals surface area contributed by atoms with Crippen molar-refractivity contribution in [1.29, 1.82) is 0 Å². The van der Waals surface area contributed by atoms with Crippen LogP contribution in [0.15, 0.2) is 0 Å². The molecule has 2 N–H and O–H groups in total. The minimum absolute atomic E-state index is 0.198. The number of hydrogen-bond acceptors (Lipinski definition) is 3. The van der Waals surface area contributed by atoms with E-state index in [0.29, 0.717) is 0 Å². The van der Waals surface area contributed by atoms with Gasteiger partial charge >= 0.3 is 0 Å². The minimum Gasteiger partial charge on any atom is -0.352 e. The van der Waals surface area contributed by atoms with Crippen LogP contribution in [0.25, 0.3) is 0 Å². The Labute approximate surface area is 110 Å². The maximum atomic E-state index is 12.2. The van der Waals surface area contributed by atoms with Gasteiger partial charge in [0.1, 0.15) is 6.04 Å². The van der Waals surface area contributed by atoms with Gasteiger partial charge in [-0.3, -0.25) is 4.79 Å². The van der Waals surface area contributed by atoms with Gasteiger partial charge in [-0.05, 0) is 18.3 Å². The summed E-state index contributed by atoms with van der Waals surface area (Å²) in [5.74, 6) is -0.222. The number of sulfonamides is 1. The number of hydrogen-bond donors (Lipinski definition) is 2. The van der Waals surface area contributed by atoms with Crippen LogP contribution in [0, 0.1) is 5.41 Å². The smallest absolute Gasteiger partial charge is 0.238 e. The van der Waals surface area contributed by atoms with Crippen LogP contribution in [0.4, 0.5) is 0 Å². The number of amides is 1. The monoisotopic (exact) mass is 276 g/mol. The summed E-state index contributed by atoms with van der Waals surface area (Å²) >= 11 is 0. The molecule has 1 aliphatic carbocycles. The summed E-state index contributed by atoms with van der Waals surface area (Å²) in [6.07, 6.45) is 5.31. The highest BCUT2D eigenvalue weighted by Gasteiger charge is 2.34. The summed E-state index contributed by atoms with van der Waals surface area (Å²) in [5, 5.41) is 2.94. The molecule has 0 aromatic carbocycles. The van der Waals surface area contributed by atoms with Crippen LogP contribution in [-0.2, 0) is 14.8 Å². The summed E-state index contributed by atoms with van der Waals surface area (Å²) < 4.78 is 25.1. The largest absolute Gasteiger partial charge is 0.352 e. The standard InChI is InChI=1S/C12H24N2O3S/c1-12(2,3)10(14-18(4,16)17)11(15)13-9-7-5-6-8-9/h9-10,14H,5-8H2,1-4H3,(H,13,15)/t10-/m1/s1. The second-order valence-corrected chi connectivity index (χ2v) is 7.96. The van der Waals surface area contributed by atoms with E-state index in [0.717, 1.165) is 31.9 Å². The molecule has 1 atom stereocenters. The fourth-order valence-electron chi connectivity index (χ4n) is 2.19. The summed E-state index contributed by atoms with van der Waals surface area (Å²) in [6, 6.07) is -0.531. The van der Waals surface area contributed by atoms with Gasteiger partial charge < -0.3 is 5.32 Å². The molecule has 0 radical (unpaired) electrons. The molecule has 1 saturated carbocycles. The lowest BCUT2D eigenvalue weighted by Crippen LogP contribution is -2.54. The highest BCUT2D eigenvalue weighted by Crippen LogP contribution is 2.22. The van der Waals surface area contributed by atoms with Gasteiger partial charge in [-0.25, -0.2) is 13.1 Å². The fraction of sp³-hybridized carbons (Fsp3) is 0.917. The van der Waals surface area contributed by atoms with Crippen molar-refractivity contribution in [3.63, 3.8) is 0 Å². The highest BCUT2D eigenvalue weighted by molar-refractivity contribution is 7.88. The Kier molecular flexibility index (Phi) is 4.78. The molecule has 0 saturated heterocycles. The molecule has 0 spiro atoms. The highest BCUT2D eigenvalue weighted by atomic mass is 32.2. The quantitative estimate of drug-likeness (QED) is 0.804.